The lowest BCUT2D eigenvalue weighted by Gasteiger charge is -2.15. The van der Waals surface area contributed by atoms with Gasteiger partial charge in [-0.05, 0) is 19.8 Å². The van der Waals surface area contributed by atoms with Crippen LogP contribution < -0.4 is 21.9 Å². The molecule has 0 aromatic rings. The van der Waals surface area contributed by atoms with Crippen molar-refractivity contribution < 1.29 is 9.53 Å². The molecular formula is C11H23N5O2. The monoisotopic (exact) mass is 257 g/mol. The molecule has 0 heterocycles. The SMILES string of the molecule is COCC(C)NC(=NCCNC(=O)C1CC1)NN. The van der Waals surface area contributed by atoms with Crippen molar-refractivity contribution in [1.29, 1.82) is 0 Å². The van der Waals surface area contributed by atoms with Crippen LogP contribution in [0.3, 0.4) is 0 Å². The Kier molecular flexibility index (Phi) is 6.45. The molecule has 0 aromatic heterocycles. The van der Waals surface area contributed by atoms with E-state index in [2.05, 4.69) is 21.1 Å². The number of carbonyl (C=O) groups is 1. The predicted octanol–water partition coefficient (Wildman–Crippen LogP) is -1.04. The van der Waals surface area contributed by atoms with Gasteiger partial charge in [0.05, 0.1) is 13.2 Å². The van der Waals surface area contributed by atoms with Crippen molar-refractivity contribution in [2.45, 2.75) is 25.8 Å². The number of amides is 1. The second-order valence-electron chi connectivity index (χ2n) is 4.44. The van der Waals surface area contributed by atoms with E-state index in [1.54, 1.807) is 7.11 Å². The van der Waals surface area contributed by atoms with Crippen LogP contribution >= 0.6 is 0 Å². The lowest BCUT2D eigenvalue weighted by atomic mass is 10.4. The maximum absolute atomic E-state index is 11.4. The number of hydrazine groups is 1. The minimum absolute atomic E-state index is 0.117. The van der Waals surface area contributed by atoms with E-state index in [-0.39, 0.29) is 17.9 Å². The van der Waals surface area contributed by atoms with Gasteiger partial charge in [0.25, 0.3) is 0 Å². The zero-order valence-electron chi connectivity index (χ0n) is 11.0. The molecule has 1 aliphatic rings. The normalized spacial score (nSPS) is 17.2. The van der Waals surface area contributed by atoms with Crippen molar-refractivity contribution in [2.24, 2.45) is 16.8 Å². The van der Waals surface area contributed by atoms with Crippen LogP contribution in [-0.2, 0) is 9.53 Å². The van der Waals surface area contributed by atoms with Crippen LogP contribution in [-0.4, -0.2) is 44.7 Å². The first-order chi connectivity index (χ1) is 8.67. The van der Waals surface area contributed by atoms with E-state index in [1.807, 2.05) is 6.92 Å². The van der Waals surface area contributed by atoms with Gasteiger partial charge in [-0.1, -0.05) is 0 Å². The molecule has 1 fully saturated rings. The van der Waals surface area contributed by atoms with E-state index in [0.29, 0.717) is 25.7 Å². The van der Waals surface area contributed by atoms with E-state index < -0.39 is 0 Å². The number of rotatable bonds is 7. The maximum atomic E-state index is 11.4. The molecule has 7 nitrogen and oxygen atoms in total. The molecule has 1 unspecified atom stereocenters. The Balaban J connectivity index is 2.17. The Bertz CT molecular complexity index is 291. The van der Waals surface area contributed by atoms with Gasteiger partial charge in [0.15, 0.2) is 0 Å². The molecule has 0 bridgehead atoms. The third kappa shape index (κ3) is 5.83. The molecule has 5 N–H and O–H groups in total. The second-order valence-corrected chi connectivity index (χ2v) is 4.44. The van der Waals surface area contributed by atoms with Crippen LogP contribution in [0.2, 0.25) is 0 Å². The van der Waals surface area contributed by atoms with Crippen LogP contribution in [0, 0.1) is 5.92 Å². The Hall–Kier alpha value is -1.34. The third-order valence-electron chi connectivity index (χ3n) is 2.57. The van der Waals surface area contributed by atoms with Crippen molar-refractivity contribution in [2.75, 3.05) is 26.8 Å². The summed E-state index contributed by atoms with van der Waals surface area (Å²) < 4.78 is 5.00. The number of methoxy groups -OCH3 is 1. The van der Waals surface area contributed by atoms with Crippen molar-refractivity contribution in [3.05, 3.63) is 0 Å². The highest BCUT2D eigenvalue weighted by atomic mass is 16.5. The zero-order chi connectivity index (χ0) is 13.4. The van der Waals surface area contributed by atoms with Gasteiger partial charge in [0.1, 0.15) is 0 Å². The number of nitrogens with zero attached hydrogens (tertiary/aromatic N) is 1. The van der Waals surface area contributed by atoms with E-state index >= 15 is 0 Å². The van der Waals surface area contributed by atoms with Crippen molar-refractivity contribution >= 4 is 11.9 Å². The minimum Gasteiger partial charge on any atom is -0.383 e. The van der Waals surface area contributed by atoms with E-state index in [1.165, 1.54) is 0 Å². The molecule has 0 saturated heterocycles. The highest BCUT2D eigenvalue weighted by Gasteiger charge is 2.28. The molecule has 1 rings (SSSR count). The summed E-state index contributed by atoms with van der Waals surface area (Å²) in [6.07, 6.45) is 2.03. The molecule has 18 heavy (non-hydrogen) atoms. The first-order valence-electron chi connectivity index (χ1n) is 6.21. The molecule has 0 spiro atoms. The van der Waals surface area contributed by atoms with Crippen molar-refractivity contribution in [3.8, 4) is 0 Å². The lowest BCUT2D eigenvalue weighted by molar-refractivity contribution is -0.122. The Labute approximate surface area is 108 Å². The average Bonchev–Trinajstić information content (AvgIpc) is 3.17. The highest BCUT2D eigenvalue weighted by Crippen LogP contribution is 2.28. The van der Waals surface area contributed by atoms with Gasteiger partial charge in [-0.25, -0.2) is 5.84 Å². The quantitative estimate of drug-likeness (QED) is 0.153. The molecule has 1 amide bonds. The Morgan fingerprint density at radius 3 is 2.83 bits per heavy atom. The molecule has 1 saturated carbocycles. The molecule has 0 radical (unpaired) electrons. The largest absolute Gasteiger partial charge is 0.383 e. The molecule has 7 heteroatoms. The average molecular weight is 257 g/mol. The van der Waals surface area contributed by atoms with Gasteiger partial charge in [-0.2, -0.15) is 0 Å². The van der Waals surface area contributed by atoms with Gasteiger partial charge in [-0.3, -0.25) is 15.2 Å². The van der Waals surface area contributed by atoms with Crippen LogP contribution in [0.4, 0.5) is 0 Å². The Morgan fingerprint density at radius 2 is 2.28 bits per heavy atom. The maximum Gasteiger partial charge on any atom is 0.223 e. The number of carbonyl (C=O) groups excluding carboxylic acids is 1. The fourth-order valence-electron chi connectivity index (χ4n) is 1.49. The van der Waals surface area contributed by atoms with Gasteiger partial charge >= 0.3 is 0 Å². The van der Waals surface area contributed by atoms with Gasteiger partial charge in [0, 0.05) is 25.6 Å². The molecule has 0 aliphatic heterocycles. The topological polar surface area (TPSA) is 101 Å². The smallest absolute Gasteiger partial charge is 0.223 e. The summed E-state index contributed by atoms with van der Waals surface area (Å²) in [5.41, 5.74) is 2.49. The summed E-state index contributed by atoms with van der Waals surface area (Å²) in [6, 6.07) is 0.117. The third-order valence-corrected chi connectivity index (χ3v) is 2.57. The van der Waals surface area contributed by atoms with Crippen LogP contribution in [0.25, 0.3) is 0 Å². The number of guanidine groups is 1. The van der Waals surface area contributed by atoms with Crippen molar-refractivity contribution in [3.63, 3.8) is 0 Å². The number of nitrogens with two attached hydrogens (primary N) is 1. The summed E-state index contributed by atoms with van der Waals surface area (Å²) in [5, 5.41) is 5.90. The fraction of sp³-hybridized carbons (Fsp3) is 0.818. The van der Waals surface area contributed by atoms with Crippen LogP contribution in [0.1, 0.15) is 19.8 Å². The van der Waals surface area contributed by atoms with Gasteiger partial charge < -0.3 is 15.4 Å². The standard InChI is InChI=1S/C11H23N5O2/c1-8(7-18-2)15-11(16-12)14-6-5-13-10(17)9-3-4-9/h8-9H,3-7,12H2,1-2H3,(H,13,17)(H2,14,15,16). The van der Waals surface area contributed by atoms with Gasteiger partial charge in [0.2, 0.25) is 11.9 Å². The fourth-order valence-corrected chi connectivity index (χ4v) is 1.49. The number of aliphatic imine (C=N–C) groups is 1. The minimum atomic E-state index is 0.117. The van der Waals surface area contributed by atoms with E-state index in [9.17, 15) is 4.79 Å². The summed E-state index contributed by atoms with van der Waals surface area (Å²) in [4.78, 5) is 15.6. The molecule has 1 aliphatic carbocycles. The summed E-state index contributed by atoms with van der Waals surface area (Å²) in [5.74, 6) is 6.22. The van der Waals surface area contributed by atoms with Crippen molar-refractivity contribution in [1.82, 2.24) is 16.1 Å². The molecule has 1 atom stereocenters. The molecule has 0 aromatic carbocycles. The highest BCUT2D eigenvalue weighted by molar-refractivity contribution is 5.81. The van der Waals surface area contributed by atoms with Crippen LogP contribution in [0.5, 0.6) is 0 Å². The Morgan fingerprint density at radius 1 is 1.56 bits per heavy atom. The molecular weight excluding hydrogens is 234 g/mol. The number of hydrogen-bond acceptors (Lipinski definition) is 4. The number of hydrogen-bond donors (Lipinski definition) is 4. The summed E-state index contributed by atoms with van der Waals surface area (Å²) >= 11 is 0. The first-order valence-corrected chi connectivity index (χ1v) is 6.21. The number of nitrogens with one attached hydrogen (secondary N) is 3. The van der Waals surface area contributed by atoms with Gasteiger partial charge in [-0.15, -0.1) is 0 Å². The summed E-state index contributed by atoms with van der Waals surface area (Å²) in [6.45, 7) is 3.55. The van der Waals surface area contributed by atoms with E-state index in [4.69, 9.17) is 10.6 Å². The first kappa shape index (κ1) is 14.7. The predicted molar refractivity (Wildman–Crippen MR) is 69.8 cm³/mol. The number of ether oxygens (including phenoxy) is 1. The van der Waals surface area contributed by atoms with Crippen LogP contribution in [0.15, 0.2) is 4.99 Å². The zero-order valence-corrected chi connectivity index (χ0v) is 11.0. The van der Waals surface area contributed by atoms with E-state index in [0.717, 1.165) is 12.8 Å². The lowest BCUT2D eigenvalue weighted by Crippen LogP contribution is -2.47. The summed E-state index contributed by atoms with van der Waals surface area (Å²) in [7, 11) is 1.64. The molecule has 104 valence electrons. The second kappa shape index (κ2) is 7.88.